The lowest BCUT2D eigenvalue weighted by Crippen LogP contribution is -2.31. The van der Waals surface area contributed by atoms with Crippen molar-refractivity contribution in [2.24, 2.45) is 0 Å². The molecule has 0 fully saturated rings. The van der Waals surface area contributed by atoms with Gasteiger partial charge in [-0.1, -0.05) is 12.8 Å². The molecule has 3 aromatic rings. The second-order valence-corrected chi connectivity index (χ2v) is 5.08. The third kappa shape index (κ3) is 3.02. The molecule has 0 aliphatic carbocycles. The monoisotopic (exact) mass is 327 g/mol. The van der Waals surface area contributed by atoms with Crippen molar-refractivity contribution in [2.45, 2.75) is 0 Å². The number of anilines is 1. The molecule has 0 aliphatic rings. The Labute approximate surface area is 137 Å². The lowest BCUT2D eigenvalue weighted by atomic mass is 10.1. The molecule has 0 aliphatic heterocycles. The van der Waals surface area contributed by atoms with E-state index in [4.69, 9.17) is 0 Å². The predicted octanol–water partition coefficient (Wildman–Crippen LogP) is 2.39. The summed E-state index contributed by atoms with van der Waals surface area (Å²) >= 11 is 4.11. The molecule has 3 rings (SSSR count). The zero-order valence-corrected chi connectivity index (χ0v) is 13.0. The molecule has 0 spiro atoms. The number of hydrogen-bond donors (Lipinski definition) is 3. The highest BCUT2D eigenvalue weighted by Gasteiger charge is 2.13. The maximum absolute atomic E-state index is 11.6. The summed E-state index contributed by atoms with van der Waals surface area (Å²) in [5.74, 6) is 0.525. The summed E-state index contributed by atoms with van der Waals surface area (Å²) in [4.78, 5) is 24.7. The lowest BCUT2D eigenvalue weighted by molar-refractivity contribution is 0.251. The Balaban J connectivity index is 2.04. The van der Waals surface area contributed by atoms with Crippen LogP contribution < -0.4 is 9.62 Å². The van der Waals surface area contributed by atoms with Crippen molar-refractivity contribution < 1.29 is 9.90 Å². The first-order valence-corrected chi connectivity index (χ1v) is 7.12. The maximum Gasteiger partial charge on any atom is 0.332 e. The molecule has 2 heterocycles. The van der Waals surface area contributed by atoms with Gasteiger partial charge in [-0.2, -0.15) is 0 Å². The van der Waals surface area contributed by atoms with Gasteiger partial charge in [0.1, 0.15) is 17.1 Å². The van der Waals surface area contributed by atoms with E-state index >= 15 is 0 Å². The normalized spacial score (nSPS) is 10.5. The number of nitrogens with zero attached hydrogens (tertiary/aromatic N) is 4. The van der Waals surface area contributed by atoms with Crippen LogP contribution in [0, 0.1) is 0 Å². The van der Waals surface area contributed by atoms with E-state index in [0.717, 1.165) is 9.87 Å². The summed E-state index contributed by atoms with van der Waals surface area (Å²) in [6, 6.07) is 9.59. The Hall–Kier alpha value is -2.87. The largest absolute Gasteiger partial charge is 0.508 e. The molecule has 116 valence electrons. The maximum atomic E-state index is 11.6. The first-order valence-electron chi connectivity index (χ1n) is 6.72. The molecule has 0 saturated carbocycles. The van der Waals surface area contributed by atoms with Crippen molar-refractivity contribution in [1.29, 1.82) is 0 Å². The molecule has 2 aromatic heterocycles. The lowest BCUT2D eigenvalue weighted by Gasteiger charge is -2.13. The van der Waals surface area contributed by atoms with Crippen LogP contribution in [0.4, 0.5) is 10.6 Å². The van der Waals surface area contributed by atoms with Crippen LogP contribution in [-0.2, 0) is 0 Å². The van der Waals surface area contributed by atoms with Gasteiger partial charge in [-0.25, -0.2) is 19.1 Å². The minimum Gasteiger partial charge on any atom is -0.508 e. The molecule has 23 heavy (non-hydrogen) atoms. The molecule has 2 amide bonds. The van der Waals surface area contributed by atoms with Crippen LogP contribution in [0.1, 0.15) is 0 Å². The Kier molecular flexibility index (Phi) is 3.98. The molecule has 2 N–H and O–H groups in total. The van der Waals surface area contributed by atoms with Crippen molar-refractivity contribution in [3.05, 3.63) is 42.6 Å². The molecule has 0 bridgehead atoms. The fourth-order valence-electron chi connectivity index (χ4n) is 1.99. The van der Waals surface area contributed by atoms with Gasteiger partial charge in [0.25, 0.3) is 0 Å². The van der Waals surface area contributed by atoms with Gasteiger partial charge in [0.2, 0.25) is 0 Å². The molecule has 0 atom stereocenters. The van der Waals surface area contributed by atoms with E-state index in [1.165, 1.54) is 7.05 Å². The first kappa shape index (κ1) is 15.0. The molecule has 7 nitrogen and oxygen atoms in total. The van der Waals surface area contributed by atoms with Crippen molar-refractivity contribution >= 4 is 35.8 Å². The number of phenols is 1. The van der Waals surface area contributed by atoms with E-state index in [1.54, 1.807) is 42.6 Å². The third-order valence-electron chi connectivity index (χ3n) is 3.18. The van der Waals surface area contributed by atoms with E-state index in [0.29, 0.717) is 22.7 Å². The SMILES string of the molecule is CNC(=O)N(S)c1ccc2ncc(-c3ccc(O)cc3)nc2n1. The number of carbonyl (C=O) groups excluding carboxylic acids is 1. The summed E-state index contributed by atoms with van der Waals surface area (Å²) in [7, 11) is 1.51. The highest BCUT2D eigenvalue weighted by molar-refractivity contribution is 7.82. The van der Waals surface area contributed by atoms with Crippen LogP contribution in [0.2, 0.25) is 0 Å². The summed E-state index contributed by atoms with van der Waals surface area (Å²) in [6.07, 6.45) is 1.63. The minimum absolute atomic E-state index is 0.180. The van der Waals surface area contributed by atoms with Gasteiger partial charge in [-0.3, -0.25) is 4.98 Å². The van der Waals surface area contributed by atoms with Crippen LogP contribution in [0.5, 0.6) is 5.75 Å². The fourth-order valence-corrected chi connectivity index (χ4v) is 2.20. The number of benzene rings is 1. The van der Waals surface area contributed by atoms with Crippen LogP contribution in [0.3, 0.4) is 0 Å². The molecular formula is C15H13N5O2S. The smallest absolute Gasteiger partial charge is 0.332 e. The molecule has 0 radical (unpaired) electrons. The van der Waals surface area contributed by atoms with Crippen molar-refractivity contribution in [3.63, 3.8) is 0 Å². The van der Waals surface area contributed by atoms with E-state index in [9.17, 15) is 9.90 Å². The number of aromatic hydroxyl groups is 1. The van der Waals surface area contributed by atoms with Gasteiger partial charge in [0.05, 0.1) is 11.9 Å². The zero-order chi connectivity index (χ0) is 16.4. The number of amides is 2. The summed E-state index contributed by atoms with van der Waals surface area (Å²) < 4.78 is 1.09. The summed E-state index contributed by atoms with van der Waals surface area (Å²) in [5.41, 5.74) is 2.43. The number of urea groups is 1. The van der Waals surface area contributed by atoms with Crippen LogP contribution in [-0.4, -0.2) is 33.1 Å². The second-order valence-electron chi connectivity index (χ2n) is 4.68. The van der Waals surface area contributed by atoms with Crippen molar-refractivity contribution in [1.82, 2.24) is 20.3 Å². The molecule has 1 aromatic carbocycles. The minimum atomic E-state index is -0.400. The first-order chi connectivity index (χ1) is 11.1. The average molecular weight is 327 g/mol. The van der Waals surface area contributed by atoms with Gasteiger partial charge in [-0.05, 0) is 36.4 Å². The number of nitrogens with one attached hydrogen (secondary N) is 1. The van der Waals surface area contributed by atoms with Gasteiger partial charge >= 0.3 is 6.03 Å². The predicted molar refractivity (Wildman–Crippen MR) is 90.4 cm³/mol. The van der Waals surface area contributed by atoms with Gasteiger partial charge < -0.3 is 10.4 Å². The number of rotatable bonds is 2. The van der Waals surface area contributed by atoms with E-state index in [-0.39, 0.29) is 5.75 Å². The quantitative estimate of drug-likeness (QED) is 0.629. The second kappa shape index (κ2) is 6.09. The van der Waals surface area contributed by atoms with Gasteiger partial charge in [0, 0.05) is 12.6 Å². The number of aromatic nitrogens is 3. The van der Waals surface area contributed by atoms with E-state index < -0.39 is 6.03 Å². The van der Waals surface area contributed by atoms with Gasteiger partial charge in [-0.15, -0.1) is 0 Å². The summed E-state index contributed by atoms with van der Waals surface area (Å²) in [6.45, 7) is 0. The Bertz CT molecular complexity index is 869. The van der Waals surface area contributed by atoms with E-state index in [1.807, 2.05) is 0 Å². The van der Waals surface area contributed by atoms with E-state index in [2.05, 4.69) is 33.1 Å². The number of phenolic OH excluding ortho intramolecular Hbond substituents is 1. The van der Waals surface area contributed by atoms with Crippen molar-refractivity contribution in [3.8, 4) is 17.0 Å². The Morgan fingerprint density at radius 3 is 2.61 bits per heavy atom. The van der Waals surface area contributed by atoms with Crippen LogP contribution >= 0.6 is 12.8 Å². The average Bonchev–Trinajstić information content (AvgIpc) is 2.60. The van der Waals surface area contributed by atoms with Crippen molar-refractivity contribution in [2.75, 3.05) is 11.4 Å². The Morgan fingerprint density at radius 1 is 1.17 bits per heavy atom. The van der Waals surface area contributed by atoms with Crippen LogP contribution in [0.25, 0.3) is 22.4 Å². The highest BCUT2D eigenvalue weighted by atomic mass is 32.1. The highest BCUT2D eigenvalue weighted by Crippen LogP contribution is 2.22. The molecule has 0 saturated heterocycles. The van der Waals surface area contributed by atoms with Gasteiger partial charge in [0.15, 0.2) is 5.65 Å². The molecule has 0 unspecified atom stereocenters. The zero-order valence-electron chi connectivity index (χ0n) is 12.1. The number of hydrogen-bond acceptors (Lipinski definition) is 6. The number of thiol groups is 1. The fraction of sp³-hybridized carbons (Fsp3) is 0.0667. The number of fused-ring (bicyclic) bond motifs is 1. The molecule has 8 heteroatoms. The standard InChI is InChI=1S/C15H13N5O2S/c1-16-15(22)20(23)13-7-6-11-14(19-13)18-12(8-17-11)9-2-4-10(21)5-3-9/h2-8,21,23H,1H3,(H,16,22). The summed E-state index contributed by atoms with van der Waals surface area (Å²) in [5, 5.41) is 11.8. The number of carbonyl (C=O) groups is 1. The number of pyridine rings is 1. The third-order valence-corrected chi connectivity index (χ3v) is 3.56. The Morgan fingerprint density at radius 2 is 1.91 bits per heavy atom. The topological polar surface area (TPSA) is 91.2 Å². The van der Waals surface area contributed by atoms with Crippen LogP contribution in [0.15, 0.2) is 42.6 Å². The molecular weight excluding hydrogens is 314 g/mol.